The molecule has 1 amide bonds. The Morgan fingerprint density at radius 2 is 1.93 bits per heavy atom. The number of amides is 1. The van der Waals surface area contributed by atoms with Gasteiger partial charge in [0.05, 0.1) is 28.1 Å². The van der Waals surface area contributed by atoms with Crippen LogP contribution in [0.3, 0.4) is 0 Å². The van der Waals surface area contributed by atoms with Crippen LogP contribution in [0, 0.1) is 0 Å². The van der Waals surface area contributed by atoms with Crippen molar-refractivity contribution in [2.24, 2.45) is 0 Å². The van der Waals surface area contributed by atoms with E-state index in [1.807, 2.05) is 0 Å². The predicted octanol–water partition coefficient (Wildman–Crippen LogP) is 1.49. The fraction of sp³-hybridized carbons (Fsp3) is 0.444. The third kappa shape index (κ3) is 3.88. The van der Waals surface area contributed by atoms with Crippen molar-refractivity contribution < 1.29 is 21.6 Å². The number of carbonyl (C=O) groups is 1. The summed E-state index contributed by atoms with van der Waals surface area (Å²) >= 11 is 1.69. The van der Waals surface area contributed by atoms with Crippen molar-refractivity contribution in [3.8, 4) is 0 Å². The van der Waals surface area contributed by atoms with E-state index in [0.717, 1.165) is 21.3 Å². The summed E-state index contributed by atoms with van der Waals surface area (Å²) in [6.45, 7) is 0. The number of benzene rings is 1. The Bertz CT molecular complexity index is 1200. The van der Waals surface area contributed by atoms with E-state index in [4.69, 9.17) is 0 Å². The fourth-order valence-electron chi connectivity index (χ4n) is 3.57. The lowest BCUT2D eigenvalue weighted by atomic mass is 10.2. The maximum absolute atomic E-state index is 12.9. The third-order valence-electron chi connectivity index (χ3n) is 5.26. The molecule has 0 bridgehead atoms. The van der Waals surface area contributed by atoms with Gasteiger partial charge in [0.2, 0.25) is 10.0 Å². The lowest BCUT2D eigenvalue weighted by molar-refractivity contribution is 0.102. The molecule has 0 saturated carbocycles. The number of thioether (sulfide) groups is 1. The lowest BCUT2D eigenvalue weighted by Crippen LogP contribution is -2.22. The molecule has 30 heavy (non-hydrogen) atoms. The van der Waals surface area contributed by atoms with E-state index in [2.05, 4.69) is 10.4 Å². The maximum Gasteiger partial charge on any atom is 0.256 e. The zero-order valence-corrected chi connectivity index (χ0v) is 19.0. The van der Waals surface area contributed by atoms with Crippen molar-refractivity contribution in [2.45, 2.75) is 28.9 Å². The number of rotatable bonds is 5. The molecule has 1 aromatic heterocycles. The molecule has 1 atom stereocenters. The maximum atomic E-state index is 12.9. The average Bonchev–Trinajstić information content (AvgIpc) is 3.37. The molecular formula is C18H22N4O5S3. The van der Waals surface area contributed by atoms with Crippen LogP contribution in [-0.4, -0.2) is 62.4 Å². The van der Waals surface area contributed by atoms with Crippen LogP contribution in [0.4, 0.5) is 5.82 Å². The molecule has 1 unspecified atom stereocenters. The Morgan fingerprint density at radius 3 is 2.53 bits per heavy atom. The number of anilines is 1. The highest BCUT2D eigenvalue weighted by Gasteiger charge is 2.34. The van der Waals surface area contributed by atoms with E-state index in [-0.39, 0.29) is 22.4 Å². The molecule has 162 valence electrons. The minimum Gasteiger partial charge on any atom is -0.306 e. The molecule has 0 radical (unpaired) electrons. The van der Waals surface area contributed by atoms with Gasteiger partial charge in [-0.05, 0) is 30.7 Å². The quantitative estimate of drug-likeness (QED) is 0.703. The summed E-state index contributed by atoms with van der Waals surface area (Å²) in [6.07, 6.45) is 0.468. The number of fused-ring (bicyclic) bond motifs is 1. The summed E-state index contributed by atoms with van der Waals surface area (Å²) in [4.78, 5) is 13.0. The van der Waals surface area contributed by atoms with Gasteiger partial charge < -0.3 is 5.32 Å². The van der Waals surface area contributed by atoms with Crippen LogP contribution in [0.15, 0.2) is 29.2 Å². The number of sulfonamides is 1. The number of nitrogens with one attached hydrogen (secondary N) is 1. The van der Waals surface area contributed by atoms with Crippen LogP contribution in [0.2, 0.25) is 0 Å². The van der Waals surface area contributed by atoms with E-state index in [0.29, 0.717) is 23.6 Å². The highest BCUT2D eigenvalue weighted by atomic mass is 32.2. The van der Waals surface area contributed by atoms with Gasteiger partial charge in [-0.1, -0.05) is 0 Å². The van der Waals surface area contributed by atoms with Gasteiger partial charge in [-0.2, -0.15) is 16.9 Å². The molecule has 0 spiro atoms. The number of carbonyl (C=O) groups excluding carboxylic acids is 1. The summed E-state index contributed by atoms with van der Waals surface area (Å²) in [5.74, 6) is 1.69. The van der Waals surface area contributed by atoms with Gasteiger partial charge in [0.25, 0.3) is 5.91 Å². The number of nitrogens with zero attached hydrogens (tertiary/aromatic N) is 3. The van der Waals surface area contributed by atoms with Crippen molar-refractivity contribution in [1.29, 1.82) is 0 Å². The van der Waals surface area contributed by atoms with Crippen molar-refractivity contribution in [3.63, 3.8) is 0 Å². The molecule has 0 aliphatic carbocycles. The highest BCUT2D eigenvalue weighted by Crippen LogP contribution is 2.38. The van der Waals surface area contributed by atoms with Gasteiger partial charge in [-0.3, -0.25) is 4.79 Å². The number of hydrogen-bond donors (Lipinski definition) is 1. The van der Waals surface area contributed by atoms with Crippen molar-refractivity contribution >= 4 is 43.3 Å². The van der Waals surface area contributed by atoms with Gasteiger partial charge in [-0.15, -0.1) is 0 Å². The van der Waals surface area contributed by atoms with Crippen molar-refractivity contribution in [3.05, 3.63) is 41.1 Å². The monoisotopic (exact) mass is 470 g/mol. The van der Waals surface area contributed by atoms with Gasteiger partial charge in [0, 0.05) is 36.7 Å². The average molecular weight is 471 g/mol. The Hall–Kier alpha value is -1.89. The second-order valence-corrected chi connectivity index (χ2v) is 12.9. The summed E-state index contributed by atoms with van der Waals surface area (Å²) in [7, 11) is -3.79. The second-order valence-electron chi connectivity index (χ2n) is 7.53. The predicted molar refractivity (Wildman–Crippen MR) is 115 cm³/mol. The summed E-state index contributed by atoms with van der Waals surface area (Å²) in [5, 5.41) is 7.47. The van der Waals surface area contributed by atoms with E-state index in [1.54, 1.807) is 16.4 Å². The molecule has 1 saturated heterocycles. The molecule has 12 heteroatoms. The van der Waals surface area contributed by atoms with Gasteiger partial charge in [0.15, 0.2) is 9.84 Å². The first-order chi connectivity index (χ1) is 14.1. The van der Waals surface area contributed by atoms with Crippen LogP contribution in [0.25, 0.3) is 0 Å². The van der Waals surface area contributed by atoms with Gasteiger partial charge in [0.1, 0.15) is 5.82 Å². The first-order valence-electron chi connectivity index (χ1n) is 9.31. The Labute approximate surface area is 179 Å². The molecule has 4 rings (SSSR count). The van der Waals surface area contributed by atoms with Crippen LogP contribution in [0.1, 0.15) is 34.1 Å². The zero-order chi connectivity index (χ0) is 21.7. The van der Waals surface area contributed by atoms with Crippen LogP contribution in [-0.2, 0) is 31.4 Å². The Kier molecular flexibility index (Phi) is 5.45. The standard InChI is InChI=1S/C18H22N4O5S3/c1-21(2)30(26,27)14-5-3-12(4-6-14)18(23)19-17-15-9-28-10-16(15)20-22(17)13-7-8-29(24,25)11-13/h3-6,13H,7-11H2,1-2H3,(H,19,23). The smallest absolute Gasteiger partial charge is 0.256 e. The molecule has 2 aliphatic rings. The topological polar surface area (TPSA) is 118 Å². The Balaban J connectivity index is 1.61. The minimum absolute atomic E-state index is 0.0145. The normalized spacial score (nSPS) is 20.4. The molecule has 9 nitrogen and oxygen atoms in total. The first-order valence-corrected chi connectivity index (χ1v) is 13.7. The molecule has 1 fully saturated rings. The SMILES string of the molecule is CN(C)S(=O)(=O)c1ccc(C(=O)Nc2c3c(nn2C2CCS(=O)(=O)C2)CSC3)cc1. The van der Waals surface area contributed by atoms with Gasteiger partial charge in [-0.25, -0.2) is 25.8 Å². The van der Waals surface area contributed by atoms with Crippen LogP contribution in [0.5, 0.6) is 0 Å². The van der Waals surface area contributed by atoms with Crippen LogP contribution < -0.4 is 5.32 Å². The number of hydrogen-bond acceptors (Lipinski definition) is 7. The molecule has 2 aliphatic heterocycles. The van der Waals surface area contributed by atoms with Crippen molar-refractivity contribution in [2.75, 3.05) is 30.9 Å². The largest absolute Gasteiger partial charge is 0.306 e. The van der Waals surface area contributed by atoms with Gasteiger partial charge >= 0.3 is 0 Å². The third-order valence-corrected chi connectivity index (χ3v) is 9.81. The summed E-state index contributed by atoms with van der Waals surface area (Å²) in [5.41, 5.74) is 2.09. The number of sulfone groups is 1. The lowest BCUT2D eigenvalue weighted by Gasteiger charge is -2.16. The fourth-order valence-corrected chi connectivity index (χ4v) is 7.20. The zero-order valence-electron chi connectivity index (χ0n) is 16.5. The molecule has 1 aromatic carbocycles. The summed E-state index contributed by atoms with van der Waals surface area (Å²) < 4.78 is 51.0. The second kappa shape index (κ2) is 7.66. The minimum atomic E-state index is -3.58. The Morgan fingerprint density at radius 1 is 1.23 bits per heavy atom. The van der Waals surface area contributed by atoms with Crippen LogP contribution >= 0.6 is 11.8 Å². The number of aromatic nitrogens is 2. The van der Waals surface area contributed by atoms with E-state index < -0.39 is 25.8 Å². The van der Waals surface area contributed by atoms with E-state index >= 15 is 0 Å². The molecule has 2 aromatic rings. The molecular weight excluding hydrogens is 448 g/mol. The van der Waals surface area contributed by atoms with E-state index in [9.17, 15) is 21.6 Å². The first kappa shape index (κ1) is 21.3. The molecule has 3 heterocycles. The molecule has 1 N–H and O–H groups in total. The summed E-state index contributed by atoms with van der Waals surface area (Å²) in [6, 6.07) is 5.41. The van der Waals surface area contributed by atoms with E-state index in [1.165, 1.54) is 38.4 Å². The highest BCUT2D eigenvalue weighted by molar-refractivity contribution is 7.98. The van der Waals surface area contributed by atoms with Crippen molar-refractivity contribution in [1.82, 2.24) is 14.1 Å².